The third kappa shape index (κ3) is 2.03. The summed E-state index contributed by atoms with van der Waals surface area (Å²) in [6.45, 7) is -0.853. The van der Waals surface area contributed by atoms with Crippen molar-refractivity contribution in [2.45, 2.75) is 6.10 Å². The van der Waals surface area contributed by atoms with Crippen LogP contribution in [0.25, 0.3) is 10.9 Å². The fraction of sp³-hybridized carbons (Fsp3) is 0.182. The van der Waals surface area contributed by atoms with E-state index in [-0.39, 0.29) is 5.88 Å². The van der Waals surface area contributed by atoms with Gasteiger partial charge in [0.15, 0.2) is 6.10 Å². The zero-order chi connectivity index (χ0) is 14.3. The van der Waals surface area contributed by atoms with E-state index < -0.39 is 26.5 Å². The molecule has 0 bridgehead atoms. The molecule has 2 atom stereocenters. The van der Waals surface area contributed by atoms with Crippen molar-refractivity contribution in [3.63, 3.8) is 0 Å². The van der Waals surface area contributed by atoms with Gasteiger partial charge in [0.1, 0.15) is 0 Å². The number of aromatic nitrogens is 1. The second-order valence-corrected chi connectivity index (χ2v) is 5.49. The molecule has 106 valence electrons. The number of carbonyl (C=O) groups excluding carboxylic acids is 1. The number of rotatable bonds is 3. The Labute approximate surface area is 112 Å². The van der Waals surface area contributed by atoms with Crippen LogP contribution in [0.3, 0.4) is 0 Å². The third-order valence-electron chi connectivity index (χ3n) is 2.67. The van der Waals surface area contributed by atoms with Crippen molar-refractivity contribution >= 4 is 24.7 Å². The number of nitrogens with zero attached hydrogens (tertiary/aromatic N) is 1. The summed E-state index contributed by atoms with van der Waals surface area (Å²) in [6.07, 6.45) is -1.80. The van der Waals surface area contributed by atoms with Crippen LogP contribution in [0.1, 0.15) is 0 Å². The summed E-state index contributed by atoms with van der Waals surface area (Å²) in [5.41, 5.74) is 0.596. The number of phosphoric ester groups is 1. The molecule has 0 amide bonds. The van der Waals surface area contributed by atoms with Crippen LogP contribution in [-0.2, 0) is 13.9 Å². The molecule has 0 aliphatic carbocycles. The first-order chi connectivity index (χ1) is 9.52. The van der Waals surface area contributed by atoms with E-state index in [0.29, 0.717) is 5.52 Å². The molecule has 20 heavy (non-hydrogen) atoms. The molecule has 0 spiro atoms. The number of carbonyl (C=O) groups is 1. The Kier molecular flexibility index (Phi) is 2.93. The van der Waals surface area contributed by atoms with E-state index in [9.17, 15) is 9.36 Å². The predicted molar refractivity (Wildman–Crippen MR) is 65.9 cm³/mol. The van der Waals surface area contributed by atoms with Gasteiger partial charge in [-0.3, -0.25) is 4.62 Å². The topological polar surface area (TPSA) is 107 Å². The fourth-order valence-electron chi connectivity index (χ4n) is 1.76. The number of phosphoric acid groups is 1. The van der Waals surface area contributed by atoms with E-state index in [0.717, 1.165) is 10.1 Å². The summed E-state index contributed by atoms with van der Waals surface area (Å²) >= 11 is 0. The van der Waals surface area contributed by atoms with Gasteiger partial charge in [-0.1, -0.05) is 18.2 Å². The molecule has 2 unspecified atom stereocenters. The summed E-state index contributed by atoms with van der Waals surface area (Å²) < 4.78 is 27.8. The minimum atomic E-state index is -4.19. The lowest BCUT2D eigenvalue weighted by molar-refractivity contribution is -0.146. The van der Waals surface area contributed by atoms with Gasteiger partial charge < -0.3 is 19.3 Å². The molecule has 1 aliphatic heterocycles. The van der Waals surface area contributed by atoms with E-state index >= 15 is 0 Å². The SMILES string of the molecule is O=C(OP1(=O)Oc2cc3ccccc3n2O1)C(O)CO. The Morgan fingerprint density at radius 2 is 2.20 bits per heavy atom. The lowest BCUT2D eigenvalue weighted by Gasteiger charge is -2.11. The normalized spacial score (nSPS) is 21.9. The van der Waals surface area contributed by atoms with Crippen LogP contribution in [-0.4, -0.2) is 33.6 Å². The Hall–Kier alpha value is -2.02. The second kappa shape index (κ2) is 4.52. The van der Waals surface area contributed by atoms with Crippen LogP contribution in [0.5, 0.6) is 5.88 Å². The Morgan fingerprint density at radius 3 is 2.95 bits per heavy atom. The van der Waals surface area contributed by atoms with Crippen molar-refractivity contribution in [2.75, 3.05) is 6.61 Å². The first-order valence-electron chi connectivity index (χ1n) is 5.65. The van der Waals surface area contributed by atoms with Crippen molar-refractivity contribution in [3.05, 3.63) is 30.3 Å². The third-order valence-corrected chi connectivity index (χ3v) is 3.85. The van der Waals surface area contributed by atoms with Crippen LogP contribution in [0.2, 0.25) is 0 Å². The van der Waals surface area contributed by atoms with E-state index in [1.807, 2.05) is 6.07 Å². The molecule has 0 saturated carbocycles. The molecule has 0 fully saturated rings. The van der Waals surface area contributed by atoms with E-state index in [1.165, 1.54) is 0 Å². The largest absolute Gasteiger partial charge is 0.670 e. The molecule has 8 nitrogen and oxygen atoms in total. The number of hydrogen-bond acceptors (Lipinski definition) is 7. The van der Waals surface area contributed by atoms with Crippen molar-refractivity contribution < 1.29 is 33.2 Å². The van der Waals surface area contributed by atoms with Crippen molar-refractivity contribution in [3.8, 4) is 5.88 Å². The van der Waals surface area contributed by atoms with Gasteiger partial charge in [0.2, 0.25) is 5.88 Å². The van der Waals surface area contributed by atoms with Crippen LogP contribution < -0.4 is 9.15 Å². The van der Waals surface area contributed by atoms with Crippen molar-refractivity contribution in [2.24, 2.45) is 0 Å². The summed E-state index contributed by atoms with van der Waals surface area (Å²) in [4.78, 5) is 11.3. The van der Waals surface area contributed by atoms with Gasteiger partial charge in [0, 0.05) is 11.5 Å². The number of aliphatic hydroxyl groups is 2. The minimum Gasteiger partial charge on any atom is -0.393 e. The second-order valence-electron chi connectivity index (χ2n) is 4.06. The van der Waals surface area contributed by atoms with Crippen LogP contribution in [0.4, 0.5) is 0 Å². The highest BCUT2D eigenvalue weighted by Crippen LogP contribution is 2.53. The average molecular weight is 299 g/mol. The minimum absolute atomic E-state index is 0.126. The zero-order valence-corrected chi connectivity index (χ0v) is 10.9. The molecule has 1 aliphatic rings. The maximum Gasteiger partial charge on any atom is 0.670 e. The van der Waals surface area contributed by atoms with Crippen molar-refractivity contribution in [1.82, 2.24) is 4.73 Å². The molecular weight excluding hydrogens is 289 g/mol. The number of para-hydroxylation sites is 1. The monoisotopic (exact) mass is 299 g/mol. The molecule has 2 heterocycles. The molecule has 3 rings (SSSR count). The highest BCUT2D eigenvalue weighted by atomic mass is 31.2. The fourth-order valence-corrected chi connectivity index (χ4v) is 2.94. The Balaban J connectivity index is 1.86. The first kappa shape index (κ1) is 13.0. The first-order valence-corrected chi connectivity index (χ1v) is 7.11. The van der Waals surface area contributed by atoms with Crippen LogP contribution in [0, 0.1) is 0 Å². The van der Waals surface area contributed by atoms with Crippen LogP contribution in [0.15, 0.2) is 30.3 Å². The van der Waals surface area contributed by atoms with E-state index in [1.54, 1.807) is 24.3 Å². The quantitative estimate of drug-likeness (QED) is 0.793. The highest BCUT2D eigenvalue weighted by molar-refractivity contribution is 7.50. The number of hydrogen-bond donors (Lipinski definition) is 2. The molecule has 9 heteroatoms. The molecule has 1 aromatic heterocycles. The standard InChI is InChI=1S/C11H10NO7P/c13-6-9(14)11(15)18-20(16)17-10-5-7-3-1-2-4-8(7)12(10)19-20/h1-5,9,13-14H,6H2. The molecular formula is C11H10NO7P. The molecule has 0 saturated heterocycles. The highest BCUT2D eigenvalue weighted by Gasteiger charge is 2.45. The van der Waals surface area contributed by atoms with Gasteiger partial charge in [-0.25, -0.2) is 4.79 Å². The van der Waals surface area contributed by atoms with Gasteiger partial charge in [0.25, 0.3) is 0 Å². The zero-order valence-electron chi connectivity index (χ0n) is 10.0. The Bertz CT molecular complexity index is 725. The van der Waals surface area contributed by atoms with E-state index in [2.05, 4.69) is 4.52 Å². The lowest BCUT2D eigenvalue weighted by Crippen LogP contribution is -2.26. The maximum absolute atomic E-state index is 12.1. The molecule has 0 radical (unpaired) electrons. The maximum atomic E-state index is 12.1. The van der Waals surface area contributed by atoms with Gasteiger partial charge in [-0.15, -0.1) is 4.73 Å². The molecule has 2 aromatic rings. The van der Waals surface area contributed by atoms with Crippen molar-refractivity contribution in [1.29, 1.82) is 0 Å². The summed E-state index contributed by atoms with van der Waals surface area (Å²) in [6, 6.07) is 8.66. The van der Waals surface area contributed by atoms with Gasteiger partial charge in [-0.05, 0) is 6.07 Å². The molecule has 1 aromatic carbocycles. The van der Waals surface area contributed by atoms with Crippen LogP contribution >= 0.6 is 7.82 Å². The lowest BCUT2D eigenvalue weighted by atomic mass is 10.3. The number of fused-ring (bicyclic) bond motifs is 3. The summed E-state index contributed by atoms with van der Waals surface area (Å²) in [5, 5.41) is 18.5. The number of benzene rings is 1. The summed E-state index contributed by atoms with van der Waals surface area (Å²) in [7, 11) is -4.19. The Morgan fingerprint density at radius 1 is 1.45 bits per heavy atom. The molecule has 2 N–H and O–H groups in total. The van der Waals surface area contributed by atoms with Gasteiger partial charge in [-0.2, -0.15) is 4.57 Å². The smallest absolute Gasteiger partial charge is 0.393 e. The predicted octanol–water partition coefficient (Wildman–Crippen LogP) is 0.467. The van der Waals surface area contributed by atoms with Gasteiger partial charge >= 0.3 is 13.8 Å². The average Bonchev–Trinajstić information content (AvgIpc) is 2.90. The van der Waals surface area contributed by atoms with Gasteiger partial charge in [0.05, 0.1) is 12.1 Å². The van der Waals surface area contributed by atoms with E-state index in [4.69, 9.17) is 19.4 Å². The number of aliphatic hydroxyl groups excluding tert-OH is 2. The summed E-state index contributed by atoms with van der Waals surface area (Å²) in [5.74, 6) is -1.16.